The summed E-state index contributed by atoms with van der Waals surface area (Å²) in [6.07, 6.45) is 5.60. The summed E-state index contributed by atoms with van der Waals surface area (Å²) in [5, 5.41) is 9.22. The minimum absolute atomic E-state index is 0.0536. The summed E-state index contributed by atoms with van der Waals surface area (Å²) in [6, 6.07) is 0. The van der Waals surface area contributed by atoms with Crippen LogP contribution in [0.4, 0.5) is 0 Å². The van der Waals surface area contributed by atoms with E-state index in [4.69, 9.17) is 0 Å². The molecule has 0 unspecified atom stereocenters. The Bertz CT molecular complexity index is 78.9. The Morgan fingerprint density at radius 3 is 2.09 bits per heavy atom. The maximum atomic E-state index is 9.22. The predicted molar refractivity (Wildman–Crippen MR) is 49.6 cm³/mol. The van der Waals surface area contributed by atoms with Gasteiger partial charge in [0.25, 0.3) is 0 Å². The van der Waals surface area contributed by atoms with Gasteiger partial charge in [0.2, 0.25) is 0 Å². The van der Waals surface area contributed by atoms with Crippen LogP contribution in [-0.2, 0) is 0 Å². The van der Waals surface area contributed by atoms with Crippen molar-refractivity contribution in [3.8, 4) is 0 Å². The molecule has 0 aliphatic rings. The Morgan fingerprint density at radius 2 is 1.64 bits per heavy atom. The first kappa shape index (κ1) is 11.0. The van der Waals surface area contributed by atoms with Crippen LogP contribution in [0, 0.1) is 5.92 Å². The molecule has 1 nitrogen and oxygen atoms in total. The van der Waals surface area contributed by atoms with Crippen molar-refractivity contribution in [1.82, 2.24) is 0 Å². The monoisotopic (exact) mass is 158 g/mol. The fraction of sp³-hybridized carbons (Fsp3) is 1.00. The molecule has 0 saturated heterocycles. The summed E-state index contributed by atoms with van der Waals surface area (Å²) < 4.78 is 0. The number of rotatable bonds is 6. The van der Waals surface area contributed by atoms with Crippen LogP contribution in [0.5, 0.6) is 0 Å². The van der Waals surface area contributed by atoms with Gasteiger partial charge in [-0.1, -0.05) is 40.0 Å². The van der Waals surface area contributed by atoms with Crippen LogP contribution < -0.4 is 0 Å². The zero-order valence-electron chi connectivity index (χ0n) is 8.14. The molecule has 0 amide bonds. The summed E-state index contributed by atoms with van der Waals surface area (Å²) in [6.45, 7) is 6.53. The van der Waals surface area contributed by atoms with E-state index in [2.05, 4.69) is 13.8 Å². The topological polar surface area (TPSA) is 20.2 Å². The Hall–Kier alpha value is -0.0400. The van der Waals surface area contributed by atoms with Crippen molar-refractivity contribution in [2.45, 2.75) is 59.0 Å². The van der Waals surface area contributed by atoms with E-state index in [1.807, 2.05) is 6.92 Å². The van der Waals surface area contributed by atoms with Gasteiger partial charge < -0.3 is 5.11 Å². The van der Waals surface area contributed by atoms with E-state index in [0.29, 0.717) is 0 Å². The van der Waals surface area contributed by atoms with Crippen LogP contribution in [0.2, 0.25) is 0 Å². The average molecular weight is 158 g/mol. The number of hydrogen-bond acceptors (Lipinski definition) is 1. The van der Waals surface area contributed by atoms with Crippen LogP contribution in [0.1, 0.15) is 52.9 Å². The Labute approximate surface area is 70.8 Å². The van der Waals surface area contributed by atoms with Gasteiger partial charge in [-0.25, -0.2) is 0 Å². The normalized spacial score (nSPS) is 13.9. The lowest BCUT2D eigenvalue weighted by Gasteiger charge is -2.07. The molecule has 0 radical (unpaired) electrons. The molecule has 0 aromatic rings. The van der Waals surface area contributed by atoms with E-state index < -0.39 is 0 Å². The van der Waals surface area contributed by atoms with Gasteiger partial charge in [-0.15, -0.1) is 0 Å². The molecule has 11 heavy (non-hydrogen) atoms. The molecule has 0 aromatic heterocycles. The predicted octanol–water partition coefficient (Wildman–Crippen LogP) is 2.97. The van der Waals surface area contributed by atoms with Crippen LogP contribution in [-0.4, -0.2) is 11.2 Å². The van der Waals surface area contributed by atoms with Gasteiger partial charge in [-0.2, -0.15) is 0 Å². The molecule has 68 valence electrons. The van der Waals surface area contributed by atoms with E-state index in [0.717, 1.165) is 18.8 Å². The minimum Gasteiger partial charge on any atom is -0.393 e. The lowest BCUT2D eigenvalue weighted by molar-refractivity contribution is 0.156. The van der Waals surface area contributed by atoms with Crippen molar-refractivity contribution in [2.75, 3.05) is 0 Å². The maximum absolute atomic E-state index is 9.22. The van der Waals surface area contributed by atoms with Gasteiger partial charge in [0, 0.05) is 0 Å². The Kier molecular flexibility index (Phi) is 6.63. The molecule has 0 aliphatic heterocycles. The van der Waals surface area contributed by atoms with Gasteiger partial charge >= 0.3 is 0 Å². The SMILES string of the molecule is CC[C@@H](O)CCCCC(C)C. The Balaban J connectivity index is 3.01. The van der Waals surface area contributed by atoms with Crippen LogP contribution >= 0.6 is 0 Å². The molecule has 0 spiro atoms. The van der Waals surface area contributed by atoms with Crippen LogP contribution in [0.3, 0.4) is 0 Å². The van der Waals surface area contributed by atoms with E-state index in [1.165, 1.54) is 19.3 Å². The second-order valence-corrected chi connectivity index (χ2v) is 3.74. The maximum Gasteiger partial charge on any atom is 0.0537 e. The van der Waals surface area contributed by atoms with Crippen molar-refractivity contribution < 1.29 is 5.11 Å². The van der Waals surface area contributed by atoms with E-state index in [-0.39, 0.29) is 6.10 Å². The number of aliphatic hydroxyl groups is 1. The number of aliphatic hydroxyl groups excluding tert-OH is 1. The largest absolute Gasteiger partial charge is 0.393 e. The first-order chi connectivity index (χ1) is 5.16. The third-order valence-corrected chi connectivity index (χ3v) is 2.04. The van der Waals surface area contributed by atoms with Crippen molar-refractivity contribution in [3.63, 3.8) is 0 Å². The molecule has 1 N–H and O–H groups in total. The first-order valence-corrected chi connectivity index (χ1v) is 4.84. The van der Waals surface area contributed by atoms with Crippen molar-refractivity contribution in [1.29, 1.82) is 0 Å². The molecule has 0 aliphatic carbocycles. The van der Waals surface area contributed by atoms with E-state index in [9.17, 15) is 5.11 Å². The summed E-state index contributed by atoms with van der Waals surface area (Å²) >= 11 is 0. The fourth-order valence-electron chi connectivity index (χ4n) is 1.14. The van der Waals surface area contributed by atoms with Gasteiger partial charge in [-0.3, -0.25) is 0 Å². The van der Waals surface area contributed by atoms with Gasteiger partial charge in [0.15, 0.2) is 0 Å². The highest BCUT2D eigenvalue weighted by molar-refractivity contribution is 4.53. The average Bonchev–Trinajstić information content (AvgIpc) is 1.97. The summed E-state index contributed by atoms with van der Waals surface area (Å²) in [4.78, 5) is 0. The van der Waals surface area contributed by atoms with Gasteiger partial charge in [0.05, 0.1) is 6.10 Å². The summed E-state index contributed by atoms with van der Waals surface area (Å²) in [5.74, 6) is 0.814. The zero-order chi connectivity index (χ0) is 8.69. The highest BCUT2D eigenvalue weighted by atomic mass is 16.3. The number of unbranched alkanes of at least 4 members (excludes halogenated alkanes) is 1. The van der Waals surface area contributed by atoms with Crippen LogP contribution in [0.25, 0.3) is 0 Å². The summed E-state index contributed by atoms with van der Waals surface area (Å²) in [7, 11) is 0. The lowest BCUT2D eigenvalue weighted by atomic mass is 10.0. The molecular formula is C10H22O. The molecule has 0 heterocycles. The third-order valence-electron chi connectivity index (χ3n) is 2.04. The van der Waals surface area contributed by atoms with Crippen molar-refractivity contribution >= 4 is 0 Å². The standard InChI is InChI=1S/C10H22O/c1-4-10(11)8-6-5-7-9(2)3/h9-11H,4-8H2,1-3H3/t10-/m1/s1. The second kappa shape index (κ2) is 6.66. The lowest BCUT2D eigenvalue weighted by Crippen LogP contribution is -2.03. The summed E-state index contributed by atoms with van der Waals surface area (Å²) in [5.41, 5.74) is 0. The molecule has 0 aromatic carbocycles. The number of hydrogen-bond donors (Lipinski definition) is 1. The molecule has 0 saturated carbocycles. The minimum atomic E-state index is -0.0536. The first-order valence-electron chi connectivity index (χ1n) is 4.84. The fourth-order valence-corrected chi connectivity index (χ4v) is 1.14. The third kappa shape index (κ3) is 7.86. The quantitative estimate of drug-likeness (QED) is 0.589. The highest BCUT2D eigenvalue weighted by Gasteiger charge is 2.00. The van der Waals surface area contributed by atoms with Crippen LogP contribution in [0.15, 0.2) is 0 Å². The molecule has 0 bridgehead atoms. The van der Waals surface area contributed by atoms with E-state index >= 15 is 0 Å². The van der Waals surface area contributed by atoms with Crippen molar-refractivity contribution in [3.05, 3.63) is 0 Å². The zero-order valence-corrected chi connectivity index (χ0v) is 8.14. The molecule has 1 atom stereocenters. The molecule has 1 heteroatoms. The molecule has 0 fully saturated rings. The molecule has 0 rings (SSSR count). The highest BCUT2D eigenvalue weighted by Crippen LogP contribution is 2.10. The van der Waals surface area contributed by atoms with Gasteiger partial charge in [0.1, 0.15) is 0 Å². The second-order valence-electron chi connectivity index (χ2n) is 3.74. The molecular weight excluding hydrogens is 136 g/mol. The smallest absolute Gasteiger partial charge is 0.0537 e. The van der Waals surface area contributed by atoms with Crippen molar-refractivity contribution in [2.24, 2.45) is 5.92 Å². The van der Waals surface area contributed by atoms with E-state index in [1.54, 1.807) is 0 Å². The Morgan fingerprint density at radius 1 is 1.09 bits per heavy atom. The van der Waals surface area contributed by atoms with Gasteiger partial charge in [-0.05, 0) is 18.8 Å².